The smallest absolute Gasteiger partial charge is 0.191 e. The summed E-state index contributed by atoms with van der Waals surface area (Å²) >= 11 is 1.74. The van der Waals surface area contributed by atoms with E-state index in [0.717, 1.165) is 38.2 Å². The van der Waals surface area contributed by atoms with E-state index in [1.54, 1.807) is 11.3 Å². The van der Waals surface area contributed by atoms with Crippen molar-refractivity contribution in [3.63, 3.8) is 0 Å². The Morgan fingerprint density at radius 3 is 2.65 bits per heavy atom. The number of hydrogen-bond donors (Lipinski definition) is 1. The molecule has 1 aliphatic heterocycles. The van der Waals surface area contributed by atoms with Crippen LogP contribution in [-0.2, 0) is 12.8 Å². The second kappa shape index (κ2) is 9.55. The van der Waals surface area contributed by atoms with Crippen LogP contribution in [0, 0.1) is 0 Å². The summed E-state index contributed by atoms with van der Waals surface area (Å²) < 4.78 is 0. The Bertz CT molecular complexity index is 411. The molecule has 0 radical (unpaired) electrons. The van der Waals surface area contributed by atoms with Crippen molar-refractivity contribution in [3.8, 4) is 0 Å². The molecule has 1 aromatic rings. The molecule has 1 saturated heterocycles. The maximum atomic E-state index is 6.07. The minimum absolute atomic E-state index is 0. The number of guanidine groups is 1. The fourth-order valence-electron chi connectivity index (χ4n) is 2.31. The minimum Gasteiger partial charge on any atom is -0.370 e. The number of nitrogens with two attached hydrogens (primary N) is 1. The third-order valence-electron chi connectivity index (χ3n) is 3.47. The SMILES string of the molecule is CCc1nc(CCN=C(N)N2CCCCCC2)cs1.I. The normalized spacial score (nSPS) is 16.6. The number of thiazole rings is 1. The van der Waals surface area contributed by atoms with Gasteiger partial charge in [-0.15, -0.1) is 35.3 Å². The van der Waals surface area contributed by atoms with Crippen molar-refractivity contribution in [1.29, 1.82) is 0 Å². The van der Waals surface area contributed by atoms with Gasteiger partial charge in [0.05, 0.1) is 10.7 Å². The highest BCUT2D eigenvalue weighted by Gasteiger charge is 2.10. The highest BCUT2D eigenvalue weighted by molar-refractivity contribution is 14.0. The number of nitrogens with zero attached hydrogens (tertiary/aromatic N) is 3. The fraction of sp³-hybridized carbons (Fsp3) is 0.714. The van der Waals surface area contributed by atoms with Crippen molar-refractivity contribution in [3.05, 3.63) is 16.1 Å². The summed E-state index contributed by atoms with van der Waals surface area (Å²) in [6, 6.07) is 0. The van der Waals surface area contributed by atoms with Crippen molar-refractivity contribution < 1.29 is 0 Å². The monoisotopic (exact) mass is 408 g/mol. The lowest BCUT2D eigenvalue weighted by Gasteiger charge is -2.20. The van der Waals surface area contributed by atoms with E-state index in [1.807, 2.05) is 0 Å². The first-order chi connectivity index (χ1) is 9.29. The molecule has 20 heavy (non-hydrogen) atoms. The molecule has 0 aliphatic carbocycles. The molecule has 0 aromatic carbocycles. The fourth-order valence-corrected chi connectivity index (χ4v) is 3.09. The van der Waals surface area contributed by atoms with E-state index < -0.39 is 0 Å². The summed E-state index contributed by atoms with van der Waals surface area (Å²) in [4.78, 5) is 11.3. The number of likely N-dealkylation sites (tertiary alicyclic amines) is 1. The molecule has 1 fully saturated rings. The third-order valence-corrected chi connectivity index (χ3v) is 4.52. The minimum atomic E-state index is 0. The van der Waals surface area contributed by atoms with E-state index in [4.69, 9.17) is 5.73 Å². The first-order valence-electron chi connectivity index (χ1n) is 7.27. The summed E-state index contributed by atoms with van der Waals surface area (Å²) in [5.74, 6) is 0.716. The van der Waals surface area contributed by atoms with Crippen LogP contribution in [0.1, 0.15) is 43.3 Å². The van der Waals surface area contributed by atoms with E-state index in [0.29, 0.717) is 5.96 Å². The number of aliphatic imine (C=N–C) groups is 1. The molecular formula is C14H25IN4S. The summed E-state index contributed by atoms with van der Waals surface area (Å²) in [7, 11) is 0. The zero-order valence-corrected chi connectivity index (χ0v) is 15.3. The Kier molecular flexibility index (Phi) is 8.44. The molecule has 114 valence electrons. The summed E-state index contributed by atoms with van der Waals surface area (Å²) in [6.07, 6.45) is 7.03. The first kappa shape index (κ1) is 17.7. The van der Waals surface area contributed by atoms with Gasteiger partial charge in [0.2, 0.25) is 0 Å². The molecule has 0 bridgehead atoms. The van der Waals surface area contributed by atoms with Gasteiger partial charge < -0.3 is 10.6 Å². The number of aryl methyl sites for hydroxylation is 1. The van der Waals surface area contributed by atoms with Crippen molar-refractivity contribution in [2.24, 2.45) is 10.7 Å². The molecule has 0 unspecified atom stereocenters. The van der Waals surface area contributed by atoms with E-state index in [-0.39, 0.29) is 24.0 Å². The van der Waals surface area contributed by atoms with E-state index >= 15 is 0 Å². The van der Waals surface area contributed by atoms with Gasteiger partial charge in [-0.05, 0) is 19.3 Å². The molecule has 0 saturated carbocycles. The van der Waals surface area contributed by atoms with Crippen molar-refractivity contribution in [2.75, 3.05) is 19.6 Å². The summed E-state index contributed by atoms with van der Waals surface area (Å²) in [5.41, 5.74) is 7.22. The zero-order valence-electron chi connectivity index (χ0n) is 12.2. The van der Waals surface area contributed by atoms with E-state index in [1.165, 1.54) is 30.7 Å². The highest BCUT2D eigenvalue weighted by Crippen LogP contribution is 2.11. The Labute approximate surface area is 142 Å². The second-order valence-electron chi connectivity index (χ2n) is 4.98. The maximum Gasteiger partial charge on any atom is 0.191 e. The average Bonchev–Trinajstić information content (AvgIpc) is 2.71. The molecule has 2 rings (SSSR count). The Hall–Kier alpha value is -0.370. The molecule has 6 heteroatoms. The van der Waals surface area contributed by atoms with E-state index in [2.05, 4.69) is 27.2 Å². The predicted molar refractivity (Wildman–Crippen MR) is 97.1 cm³/mol. The average molecular weight is 408 g/mol. The van der Waals surface area contributed by atoms with Gasteiger partial charge in [0.25, 0.3) is 0 Å². The topological polar surface area (TPSA) is 54.5 Å². The van der Waals surface area contributed by atoms with Gasteiger partial charge in [-0.25, -0.2) is 4.98 Å². The highest BCUT2D eigenvalue weighted by atomic mass is 127. The maximum absolute atomic E-state index is 6.07. The van der Waals surface area contributed by atoms with Gasteiger partial charge in [0.15, 0.2) is 5.96 Å². The molecule has 0 spiro atoms. The number of rotatable bonds is 4. The van der Waals surface area contributed by atoms with Crippen LogP contribution in [0.4, 0.5) is 0 Å². The second-order valence-corrected chi connectivity index (χ2v) is 5.92. The standard InChI is InChI=1S/C14H24N4S.HI/c1-2-13-17-12(11-19-13)7-8-16-14(15)18-9-5-3-4-6-10-18;/h11H,2-10H2,1H3,(H2,15,16);1H. The quantitative estimate of drug-likeness (QED) is 0.473. The van der Waals surface area contributed by atoms with Crippen LogP contribution in [0.3, 0.4) is 0 Å². The van der Waals surface area contributed by atoms with Gasteiger partial charge in [0, 0.05) is 31.4 Å². The molecule has 4 nitrogen and oxygen atoms in total. The van der Waals surface area contributed by atoms with Crippen LogP contribution in [0.25, 0.3) is 0 Å². The van der Waals surface area contributed by atoms with Gasteiger partial charge in [-0.1, -0.05) is 19.8 Å². The Morgan fingerprint density at radius 1 is 1.35 bits per heavy atom. The van der Waals surface area contributed by atoms with Gasteiger partial charge in [-0.3, -0.25) is 4.99 Å². The molecule has 1 aromatic heterocycles. The molecular weight excluding hydrogens is 383 g/mol. The Balaban J connectivity index is 0.00000200. The van der Waals surface area contributed by atoms with Gasteiger partial charge in [0.1, 0.15) is 0 Å². The van der Waals surface area contributed by atoms with Gasteiger partial charge in [-0.2, -0.15) is 0 Å². The molecule has 2 heterocycles. The van der Waals surface area contributed by atoms with Crippen LogP contribution in [0.15, 0.2) is 10.4 Å². The number of aromatic nitrogens is 1. The van der Waals surface area contributed by atoms with Crippen LogP contribution in [0.5, 0.6) is 0 Å². The lowest BCUT2D eigenvalue weighted by atomic mass is 10.2. The van der Waals surface area contributed by atoms with Crippen LogP contribution in [-0.4, -0.2) is 35.5 Å². The lowest BCUT2D eigenvalue weighted by Crippen LogP contribution is -2.38. The van der Waals surface area contributed by atoms with E-state index in [9.17, 15) is 0 Å². The number of hydrogen-bond acceptors (Lipinski definition) is 3. The van der Waals surface area contributed by atoms with Crippen LogP contribution in [0.2, 0.25) is 0 Å². The number of halogens is 1. The van der Waals surface area contributed by atoms with Crippen molar-refractivity contribution in [1.82, 2.24) is 9.88 Å². The third kappa shape index (κ3) is 5.55. The zero-order chi connectivity index (χ0) is 13.5. The van der Waals surface area contributed by atoms with Crippen LogP contribution >= 0.6 is 35.3 Å². The molecule has 0 amide bonds. The molecule has 1 aliphatic rings. The van der Waals surface area contributed by atoms with Crippen LogP contribution < -0.4 is 5.73 Å². The molecule has 2 N–H and O–H groups in total. The van der Waals surface area contributed by atoms with Crippen molar-refractivity contribution in [2.45, 2.75) is 45.4 Å². The largest absolute Gasteiger partial charge is 0.370 e. The molecule has 0 atom stereocenters. The summed E-state index contributed by atoms with van der Waals surface area (Å²) in [5, 5.41) is 3.34. The first-order valence-corrected chi connectivity index (χ1v) is 8.15. The van der Waals surface area contributed by atoms with Gasteiger partial charge >= 0.3 is 0 Å². The summed E-state index contributed by atoms with van der Waals surface area (Å²) in [6.45, 7) is 5.01. The Morgan fingerprint density at radius 2 is 2.05 bits per heavy atom. The predicted octanol–water partition coefficient (Wildman–Crippen LogP) is 3.06. The lowest BCUT2D eigenvalue weighted by molar-refractivity contribution is 0.428. The van der Waals surface area contributed by atoms with Crippen molar-refractivity contribution >= 4 is 41.3 Å².